The van der Waals surface area contributed by atoms with Crippen molar-refractivity contribution in [3.8, 4) is 0 Å². The molecule has 1 N–H and O–H groups in total. The Bertz CT molecular complexity index is 357. The molecule has 5 nitrogen and oxygen atoms in total. The van der Waals surface area contributed by atoms with E-state index in [0.717, 1.165) is 0 Å². The van der Waals surface area contributed by atoms with Crippen LogP contribution in [-0.4, -0.2) is 30.3 Å². The lowest BCUT2D eigenvalue weighted by atomic mass is 9.91. The van der Waals surface area contributed by atoms with Crippen LogP contribution in [0.3, 0.4) is 0 Å². The molecule has 0 aromatic heterocycles. The second kappa shape index (κ2) is 6.59. The molecule has 0 aromatic carbocycles. The molecule has 0 saturated carbocycles. The Kier molecular flexibility index (Phi) is 5.39. The lowest BCUT2D eigenvalue weighted by molar-refractivity contribution is -0.148. The number of carbonyl (C=O) groups excluding carboxylic acids is 2. The third kappa shape index (κ3) is 5.77. The molecule has 1 aliphatic rings. The first-order chi connectivity index (χ1) is 8.81. The van der Waals surface area contributed by atoms with Crippen LogP contribution < -0.4 is 5.32 Å². The van der Waals surface area contributed by atoms with Crippen LogP contribution in [0.5, 0.6) is 0 Å². The van der Waals surface area contributed by atoms with Crippen LogP contribution in [0.2, 0.25) is 0 Å². The summed E-state index contributed by atoms with van der Waals surface area (Å²) in [5.74, 6) is -0.396. The van der Waals surface area contributed by atoms with Gasteiger partial charge in [-0.15, -0.1) is 0 Å². The minimum atomic E-state index is -0.525. The molecular weight excluding hydrogens is 246 g/mol. The molecule has 1 aliphatic carbocycles. The van der Waals surface area contributed by atoms with E-state index < -0.39 is 11.7 Å². The van der Waals surface area contributed by atoms with Gasteiger partial charge < -0.3 is 14.8 Å². The van der Waals surface area contributed by atoms with Crippen molar-refractivity contribution in [1.29, 1.82) is 0 Å². The van der Waals surface area contributed by atoms with Crippen molar-refractivity contribution >= 4 is 12.1 Å². The third-order valence-electron chi connectivity index (χ3n) is 2.65. The van der Waals surface area contributed by atoms with E-state index in [1.807, 2.05) is 32.9 Å². The summed E-state index contributed by atoms with van der Waals surface area (Å²) < 4.78 is 10.2. The molecule has 0 fully saturated rings. The van der Waals surface area contributed by atoms with Gasteiger partial charge in [-0.1, -0.05) is 12.2 Å². The van der Waals surface area contributed by atoms with Gasteiger partial charge in [-0.05, 0) is 40.5 Å². The molecule has 0 saturated heterocycles. The molecule has 19 heavy (non-hydrogen) atoms. The predicted octanol–water partition coefficient (Wildman–Crippen LogP) is 2.41. The molecule has 2 atom stereocenters. The first kappa shape index (κ1) is 15.5. The molecule has 0 unspecified atom stereocenters. The summed E-state index contributed by atoms with van der Waals surface area (Å²) in [4.78, 5) is 23.3. The third-order valence-corrected chi connectivity index (χ3v) is 2.65. The van der Waals surface area contributed by atoms with Crippen LogP contribution in [0.4, 0.5) is 4.79 Å². The van der Waals surface area contributed by atoms with Gasteiger partial charge in [-0.3, -0.25) is 4.79 Å². The van der Waals surface area contributed by atoms with E-state index >= 15 is 0 Å². The van der Waals surface area contributed by atoms with Gasteiger partial charge >= 0.3 is 12.1 Å². The summed E-state index contributed by atoms with van der Waals surface area (Å²) in [6.07, 6.45) is 4.53. The minimum Gasteiger partial charge on any atom is -0.466 e. The van der Waals surface area contributed by atoms with Crippen molar-refractivity contribution in [3.05, 3.63) is 12.2 Å². The molecule has 1 amide bonds. The van der Waals surface area contributed by atoms with Gasteiger partial charge in [0.15, 0.2) is 0 Å². The quantitative estimate of drug-likeness (QED) is 0.631. The normalized spacial score (nSPS) is 22.7. The molecule has 0 heterocycles. The van der Waals surface area contributed by atoms with Crippen molar-refractivity contribution < 1.29 is 19.1 Å². The molecule has 0 radical (unpaired) electrons. The maximum absolute atomic E-state index is 11.7. The first-order valence-corrected chi connectivity index (χ1v) is 6.64. The summed E-state index contributed by atoms with van der Waals surface area (Å²) in [6.45, 7) is 7.59. The average Bonchev–Trinajstić information content (AvgIpc) is 2.27. The van der Waals surface area contributed by atoms with E-state index in [1.165, 1.54) is 0 Å². The number of allylic oxidation sites excluding steroid dienone is 1. The molecule has 1 rings (SSSR count). The van der Waals surface area contributed by atoms with Crippen LogP contribution in [0.25, 0.3) is 0 Å². The Morgan fingerprint density at radius 3 is 2.63 bits per heavy atom. The van der Waals surface area contributed by atoms with Crippen molar-refractivity contribution in [3.63, 3.8) is 0 Å². The Hall–Kier alpha value is -1.52. The maximum atomic E-state index is 11.7. The Balaban J connectivity index is 2.47. The molecular formula is C14H23NO4. The Morgan fingerprint density at radius 1 is 1.37 bits per heavy atom. The van der Waals surface area contributed by atoms with Crippen molar-refractivity contribution in [2.24, 2.45) is 5.92 Å². The van der Waals surface area contributed by atoms with Gasteiger partial charge in [-0.25, -0.2) is 4.79 Å². The number of ether oxygens (including phenoxy) is 2. The highest BCUT2D eigenvalue weighted by atomic mass is 16.6. The number of rotatable bonds is 3. The van der Waals surface area contributed by atoms with Crippen LogP contribution >= 0.6 is 0 Å². The standard InChI is InChI=1S/C14H23NO4/c1-5-18-12(16)10-7-6-8-11(9-10)15-13(17)19-14(2,3)4/h6,8,10-11H,5,7,9H2,1-4H3,(H,15,17)/t10-,11-/m1/s1. The Labute approximate surface area is 114 Å². The largest absolute Gasteiger partial charge is 0.466 e. The van der Waals surface area contributed by atoms with Crippen LogP contribution in [-0.2, 0) is 14.3 Å². The topological polar surface area (TPSA) is 64.6 Å². The first-order valence-electron chi connectivity index (χ1n) is 6.64. The van der Waals surface area contributed by atoms with Crippen molar-refractivity contribution in [1.82, 2.24) is 5.32 Å². The fourth-order valence-electron chi connectivity index (χ4n) is 1.91. The van der Waals surface area contributed by atoms with Gasteiger partial charge in [0.25, 0.3) is 0 Å². The van der Waals surface area contributed by atoms with Gasteiger partial charge in [-0.2, -0.15) is 0 Å². The van der Waals surface area contributed by atoms with E-state index in [2.05, 4.69) is 5.32 Å². The number of hydrogen-bond acceptors (Lipinski definition) is 4. The van der Waals surface area contributed by atoms with Gasteiger partial charge in [0, 0.05) is 0 Å². The number of amides is 1. The van der Waals surface area contributed by atoms with Crippen molar-refractivity contribution in [2.75, 3.05) is 6.61 Å². The van der Waals surface area contributed by atoms with Crippen molar-refractivity contribution in [2.45, 2.75) is 52.2 Å². The SMILES string of the molecule is CCOC(=O)[C@@H]1CC=C[C@@H](NC(=O)OC(C)(C)C)C1. The second-order valence-corrected chi connectivity index (χ2v) is 5.60. The zero-order valence-corrected chi connectivity index (χ0v) is 12.1. The fraction of sp³-hybridized carbons (Fsp3) is 0.714. The smallest absolute Gasteiger partial charge is 0.408 e. The van der Waals surface area contributed by atoms with E-state index in [4.69, 9.17) is 9.47 Å². The fourth-order valence-corrected chi connectivity index (χ4v) is 1.91. The van der Waals surface area contributed by atoms with E-state index in [0.29, 0.717) is 19.4 Å². The summed E-state index contributed by atoms with van der Waals surface area (Å²) in [5, 5.41) is 2.75. The number of esters is 1. The average molecular weight is 269 g/mol. The molecule has 108 valence electrons. The summed E-state index contributed by atoms with van der Waals surface area (Å²) in [5.41, 5.74) is -0.525. The summed E-state index contributed by atoms with van der Waals surface area (Å²) >= 11 is 0. The van der Waals surface area contributed by atoms with Gasteiger partial charge in [0.2, 0.25) is 0 Å². The Morgan fingerprint density at radius 2 is 2.05 bits per heavy atom. The number of alkyl carbamates (subject to hydrolysis) is 1. The monoisotopic (exact) mass is 269 g/mol. The highest BCUT2D eigenvalue weighted by molar-refractivity contribution is 5.73. The highest BCUT2D eigenvalue weighted by Gasteiger charge is 2.27. The molecule has 5 heteroatoms. The number of carbonyl (C=O) groups is 2. The van der Waals surface area contributed by atoms with E-state index in [9.17, 15) is 9.59 Å². The lowest BCUT2D eigenvalue weighted by Gasteiger charge is -2.26. The highest BCUT2D eigenvalue weighted by Crippen LogP contribution is 2.20. The number of nitrogens with one attached hydrogen (secondary N) is 1. The molecule has 0 aliphatic heterocycles. The van der Waals surface area contributed by atoms with E-state index in [-0.39, 0.29) is 17.9 Å². The van der Waals surface area contributed by atoms with Crippen LogP contribution in [0, 0.1) is 5.92 Å². The van der Waals surface area contributed by atoms with Crippen LogP contribution in [0.15, 0.2) is 12.2 Å². The van der Waals surface area contributed by atoms with E-state index in [1.54, 1.807) is 6.92 Å². The van der Waals surface area contributed by atoms with Crippen LogP contribution in [0.1, 0.15) is 40.5 Å². The molecule has 0 spiro atoms. The van der Waals surface area contributed by atoms with Gasteiger partial charge in [0.1, 0.15) is 5.60 Å². The molecule has 0 bridgehead atoms. The minimum absolute atomic E-state index is 0.182. The molecule has 0 aromatic rings. The van der Waals surface area contributed by atoms with Gasteiger partial charge in [0.05, 0.1) is 18.6 Å². The summed E-state index contributed by atoms with van der Waals surface area (Å²) in [6, 6.07) is -0.182. The maximum Gasteiger partial charge on any atom is 0.408 e. The summed E-state index contributed by atoms with van der Waals surface area (Å²) in [7, 11) is 0. The lowest BCUT2D eigenvalue weighted by Crippen LogP contribution is -2.41. The predicted molar refractivity (Wildman–Crippen MR) is 71.7 cm³/mol. The number of hydrogen-bond donors (Lipinski definition) is 1. The second-order valence-electron chi connectivity index (χ2n) is 5.60. The zero-order valence-electron chi connectivity index (χ0n) is 12.1. The zero-order chi connectivity index (χ0) is 14.5.